The molecule has 0 bridgehead atoms. The van der Waals surface area contributed by atoms with Crippen molar-refractivity contribution in [1.82, 2.24) is 0 Å². The summed E-state index contributed by atoms with van der Waals surface area (Å²) in [4.78, 5) is 11.0. The molecule has 76 valence electrons. The fourth-order valence-corrected chi connectivity index (χ4v) is 2.73. The van der Waals surface area contributed by atoms with Gasteiger partial charge in [-0.15, -0.1) is 0 Å². The Morgan fingerprint density at radius 1 is 1.46 bits per heavy atom. The molecule has 13 heavy (non-hydrogen) atoms. The van der Waals surface area contributed by atoms with Gasteiger partial charge in [0.25, 0.3) is 0 Å². The van der Waals surface area contributed by atoms with E-state index in [1.54, 1.807) is 0 Å². The molecule has 0 unspecified atom stereocenters. The van der Waals surface area contributed by atoms with E-state index >= 15 is 0 Å². The van der Waals surface area contributed by atoms with E-state index in [4.69, 9.17) is 5.11 Å². The molecule has 1 fully saturated rings. The number of aliphatic carboxylic acids is 1. The Hall–Kier alpha value is -0.570. The monoisotopic (exact) mass is 186 g/mol. The lowest BCUT2D eigenvalue weighted by Crippen LogP contribution is -2.43. The maximum Gasteiger partial charge on any atom is 0.307 e. The molecule has 1 rings (SSSR count). The van der Waals surface area contributed by atoms with Gasteiger partial charge in [-0.25, -0.2) is 0 Å². The van der Waals surface area contributed by atoms with Crippen molar-refractivity contribution in [3.63, 3.8) is 0 Å². The van der Waals surface area contributed by atoms with Crippen molar-refractivity contribution in [1.29, 1.82) is 0 Å². The Balaban J connectivity index is 2.85. The summed E-state index contributed by atoms with van der Waals surface area (Å²) < 4.78 is 0. The second-order valence-electron chi connectivity index (χ2n) is 4.88. The van der Waals surface area contributed by atoms with E-state index in [0.717, 1.165) is 0 Å². The first kappa shape index (κ1) is 10.5. The molecule has 0 aromatic carbocycles. The molecule has 0 spiro atoms. The zero-order chi connectivity index (χ0) is 10.2. The highest BCUT2D eigenvalue weighted by atomic mass is 16.4. The minimum absolute atomic E-state index is 0.0660. The molecule has 1 aliphatic carbocycles. The number of aliphatic hydroxyl groups excluding tert-OH is 1. The highest BCUT2D eigenvalue weighted by Crippen LogP contribution is 2.43. The first-order chi connectivity index (χ1) is 5.84. The van der Waals surface area contributed by atoms with Crippen molar-refractivity contribution in [3.8, 4) is 0 Å². The quantitative estimate of drug-likeness (QED) is 0.652. The first-order valence-corrected chi connectivity index (χ1v) is 4.75. The smallest absolute Gasteiger partial charge is 0.307 e. The predicted octanol–water partition coefficient (Wildman–Crippen LogP) is 1.50. The first-order valence-electron chi connectivity index (χ1n) is 4.75. The van der Waals surface area contributed by atoms with Crippen molar-refractivity contribution < 1.29 is 15.0 Å². The largest absolute Gasteiger partial charge is 0.481 e. The molecule has 0 saturated heterocycles. The molecule has 0 heterocycles. The maximum atomic E-state index is 11.0. The molecule has 2 N–H and O–H groups in total. The van der Waals surface area contributed by atoms with E-state index in [2.05, 4.69) is 0 Å². The van der Waals surface area contributed by atoms with Crippen LogP contribution in [0.5, 0.6) is 0 Å². The normalized spacial score (nSPS) is 38.6. The Kier molecular flexibility index (Phi) is 2.66. The van der Waals surface area contributed by atoms with Gasteiger partial charge in [-0.3, -0.25) is 4.79 Å². The Bertz CT molecular complexity index is 210. The van der Waals surface area contributed by atoms with Crippen LogP contribution in [0, 0.1) is 17.3 Å². The second-order valence-corrected chi connectivity index (χ2v) is 4.88. The van der Waals surface area contributed by atoms with Crippen LogP contribution in [0.25, 0.3) is 0 Å². The highest BCUT2D eigenvalue weighted by molar-refractivity contribution is 5.71. The van der Waals surface area contributed by atoms with Gasteiger partial charge in [-0.1, -0.05) is 20.8 Å². The van der Waals surface area contributed by atoms with E-state index < -0.39 is 5.97 Å². The number of rotatable bonds is 1. The van der Waals surface area contributed by atoms with Crippen LogP contribution in [0.4, 0.5) is 0 Å². The average Bonchev–Trinajstić information content (AvgIpc) is 1.78. The molecule has 0 aromatic rings. The molecule has 0 aliphatic heterocycles. The maximum absolute atomic E-state index is 11.0. The number of carbonyl (C=O) groups is 1. The standard InChI is InChI=1S/C10H18O3/c1-6-4-7(11)5-10(2,3)8(6)9(12)13/h6-8,11H,4-5H2,1-3H3,(H,12,13)/t6-,7-,8-/m0/s1. The summed E-state index contributed by atoms with van der Waals surface area (Å²) in [6, 6.07) is 0. The van der Waals surface area contributed by atoms with Gasteiger partial charge in [0.15, 0.2) is 0 Å². The molecule has 3 atom stereocenters. The van der Waals surface area contributed by atoms with Gasteiger partial charge in [-0.05, 0) is 24.2 Å². The Labute approximate surface area is 78.8 Å². The Morgan fingerprint density at radius 2 is 2.00 bits per heavy atom. The van der Waals surface area contributed by atoms with Gasteiger partial charge < -0.3 is 10.2 Å². The van der Waals surface area contributed by atoms with Crippen LogP contribution in [0.1, 0.15) is 33.6 Å². The number of hydrogen-bond acceptors (Lipinski definition) is 2. The highest BCUT2D eigenvalue weighted by Gasteiger charge is 2.44. The van der Waals surface area contributed by atoms with E-state index in [0.29, 0.717) is 12.8 Å². The minimum atomic E-state index is -0.732. The summed E-state index contributed by atoms with van der Waals surface area (Å²) in [6.45, 7) is 5.75. The van der Waals surface area contributed by atoms with Gasteiger partial charge in [0, 0.05) is 0 Å². The molecule has 3 heteroatoms. The van der Waals surface area contributed by atoms with Crippen molar-refractivity contribution in [2.45, 2.75) is 39.7 Å². The summed E-state index contributed by atoms with van der Waals surface area (Å²) in [7, 11) is 0. The summed E-state index contributed by atoms with van der Waals surface area (Å²) in [6.07, 6.45) is 0.870. The summed E-state index contributed by atoms with van der Waals surface area (Å²) in [5.74, 6) is -0.989. The average molecular weight is 186 g/mol. The lowest BCUT2D eigenvalue weighted by atomic mass is 9.63. The molecule has 0 aromatic heterocycles. The fraction of sp³-hybridized carbons (Fsp3) is 0.900. The minimum Gasteiger partial charge on any atom is -0.481 e. The fourth-order valence-electron chi connectivity index (χ4n) is 2.73. The van der Waals surface area contributed by atoms with E-state index in [1.807, 2.05) is 20.8 Å². The van der Waals surface area contributed by atoms with Crippen molar-refractivity contribution in [2.24, 2.45) is 17.3 Å². The lowest BCUT2D eigenvalue weighted by Gasteiger charge is -2.42. The van der Waals surface area contributed by atoms with Crippen LogP contribution in [0.3, 0.4) is 0 Å². The van der Waals surface area contributed by atoms with Crippen molar-refractivity contribution in [2.75, 3.05) is 0 Å². The van der Waals surface area contributed by atoms with Gasteiger partial charge >= 0.3 is 5.97 Å². The van der Waals surface area contributed by atoms with Crippen LogP contribution in [0.2, 0.25) is 0 Å². The van der Waals surface area contributed by atoms with Crippen molar-refractivity contribution >= 4 is 5.97 Å². The van der Waals surface area contributed by atoms with E-state index in [-0.39, 0.29) is 23.4 Å². The predicted molar refractivity (Wildman–Crippen MR) is 49.3 cm³/mol. The van der Waals surface area contributed by atoms with Gasteiger partial charge in [0.1, 0.15) is 0 Å². The third-order valence-corrected chi connectivity index (χ3v) is 3.08. The van der Waals surface area contributed by atoms with Crippen molar-refractivity contribution in [3.05, 3.63) is 0 Å². The second kappa shape index (κ2) is 3.29. The van der Waals surface area contributed by atoms with Crippen LogP contribution in [0.15, 0.2) is 0 Å². The van der Waals surface area contributed by atoms with Crippen LogP contribution in [-0.4, -0.2) is 22.3 Å². The topological polar surface area (TPSA) is 57.5 Å². The van der Waals surface area contributed by atoms with Crippen LogP contribution >= 0.6 is 0 Å². The third-order valence-electron chi connectivity index (χ3n) is 3.08. The van der Waals surface area contributed by atoms with E-state index in [1.165, 1.54) is 0 Å². The summed E-state index contributed by atoms with van der Waals surface area (Å²) in [5.41, 5.74) is -0.289. The molecule has 0 amide bonds. The van der Waals surface area contributed by atoms with Crippen LogP contribution < -0.4 is 0 Å². The molecule has 0 radical (unpaired) electrons. The number of carboxylic acid groups (broad SMARTS) is 1. The molecule has 3 nitrogen and oxygen atoms in total. The zero-order valence-corrected chi connectivity index (χ0v) is 8.45. The molecule has 1 saturated carbocycles. The van der Waals surface area contributed by atoms with Crippen LogP contribution in [-0.2, 0) is 4.79 Å². The zero-order valence-electron chi connectivity index (χ0n) is 8.45. The molecular formula is C10H18O3. The Morgan fingerprint density at radius 3 is 2.38 bits per heavy atom. The summed E-state index contributed by atoms with van der Waals surface area (Å²) >= 11 is 0. The molecule has 1 aliphatic rings. The number of carboxylic acids is 1. The van der Waals surface area contributed by atoms with E-state index in [9.17, 15) is 9.90 Å². The van der Waals surface area contributed by atoms with Gasteiger partial charge in [-0.2, -0.15) is 0 Å². The number of aliphatic hydroxyl groups is 1. The SMILES string of the molecule is C[C@H]1C[C@H](O)CC(C)(C)[C@@H]1C(=O)O. The molecular weight excluding hydrogens is 168 g/mol. The summed E-state index contributed by atoms with van der Waals surface area (Å²) in [5, 5.41) is 18.6. The number of hydrogen-bond donors (Lipinski definition) is 2. The lowest BCUT2D eigenvalue weighted by molar-refractivity contribution is -0.153. The van der Waals surface area contributed by atoms with Gasteiger partial charge in [0.2, 0.25) is 0 Å². The third kappa shape index (κ3) is 2.02. The van der Waals surface area contributed by atoms with Gasteiger partial charge in [0.05, 0.1) is 12.0 Å².